The van der Waals surface area contributed by atoms with Gasteiger partial charge in [-0.2, -0.15) is 5.10 Å². The minimum absolute atomic E-state index is 0.131. The van der Waals surface area contributed by atoms with Crippen molar-refractivity contribution in [3.8, 4) is 11.4 Å². The highest BCUT2D eigenvalue weighted by atomic mass is 16.5. The third kappa shape index (κ3) is 2.35. The minimum Gasteiger partial charge on any atom is -0.381 e. The SMILES string of the molecule is CCn1nc([C@H]2CCOC2)nc1-c1cnc(C2CC2)[nH]c1=O. The van der Waals surface area contributed by atoms with E-state index in [1.807, 2.05) is 6.92 Å². The van der Waals surface area contributed by atoms with Crippen molar-refractivity contribution in [3.05, 3.63) is 28.2 Å². The first kappa shape index (κ1) is 13.6. The molecule has 3 heterocycles. The molecule has 1 aliphatic carbocycles. The van der Waals surface area contributed by atoms with Crippen LogP contribution in [0.25, 0.3) is 11.4 Å². The van der Waals surface area contributed by atoms with E-state index in [9.17, 15) is 4.79 Å². The summed E-state index contributed by atoms with van der Waals surface area (Å²) in [4.78, 5) is 24.3. The Morgan fingerprint density at radius 3 is 2.86 bits per heavy atom. The van der Waals surface area contributed by atoms with Crippen molar-refractivity contribution in [2.24, 2.45) is 0 Å². The Bertz CT molecular complexity index is 741. The number of hydrogen-bond acceptors (Lipinski definition) is 5. The van der Waals surface area contributed by atoms with E-state index in [2.05, 4.69) is 20.1 Å². The Balaban J connectivity index is 1.73. The number of aromatic amines is 1. The van der Waals surface area contributed by atoms with Gasteiger partial charge in [0.05, 0.1) is 6.61 Å². The number of hydrogen-bond donors (Lipinski definition) is 1. The Hall–Kier alpha value is -2.02. The van der Waals surface area contributed by atoms with Gasteiger partial charge in [0.2, 0.25) is 0 Å². The second-order valence-corrected chi connectivity index (χ2v) is 5.96. The number of aromatic nitrogens is 5. The van der Waals surface area contributed by atoms with Crippen LogP contribution in [0, 0.1) is 0 Å². The van der Waals surface area contributed by atoms with Gasteiger partial charge < -0.3 is 9.72 Å². The molecule has 4 rings (SSSR count). The van der Waals surface area contributed by atoms with Crippen LogP contribution in [0.5, 0.6) is 0 Å². The van der Waals surface area contributed by atoms with Gasteiger partial charge in [-0.15, -0.1) is 0 Å². The van der Waals surface area contributed by atoms with Crippen LogP contribution in [0.15, 0.2) is 11.0 Å². The summed E-state index contributed by atoms with van der Waals surface area (Å²) in [5, 5.41) is 4.54. The van der Waals surface area contributed by atoms with Crippen molar-refractivity contribution >= 4 is 0 Å². The van der Waals surface area contributed by atoms with Crippen LogP contribution in [0.1, 0.15) is 49.7 Å². The summed E-state index contributed by atoms with van der Waals surface area (Å²) in [6, 6.07) is 0. The normalized spacial score (nSPS) is 21.4. The minimum atomic E-state index is -0.131. The van der Waals surface area contributed by atoms with Crippen molar-refractivity contribution in [1.82, 2.24) is 24.7 Å². The smallest absolute Gasteiger partial charge is 0.261 e. The maximum atomic E-state index is 12.4. The first-order valence-corrected chi connectivity index (χ1v) is 7.88. The summed E-state index contributed by atoms with van der Waals surface area (Å²) >= 11 is 0. The maximum Gasteiger partial charge on any atom is 0.261 e. The fourth-order valence-electron chi connectivity index (χ4n) is 2.82. The van der Waals surface area contributed by atoms with Crippen molar-refractivity contribution in [2.45, 2.75) is 44.6 Å². The molecule has 1 aliphatic heterocycles. The van der Waals surface area contributed by atoms with Crippen LogP contribution >= 0.6 is 0 Å². The van der Waals surface area contributed by atoms with Crippen LogP contribution in [0.2, 0.25) is 0 Å². The van der Waals surface area contributed by atoms with Crippen molar-refractivity contribution < 1.29 is 4.74 Å². The monoisotopic (exact) mass is 301 g/mol. The van der Waals surface area contributed by atoms with Crippen LogP contribution < -0.4 is 5.56 Å². The lowest BCUT2D eigenvalue weighted by Crippen LogP contribution is -2.15. The summed E-state index contributed by atoms with van der Waals surface area (Å²) in [7, 11) is 0. The lowest BCUT2D eigenvalue weighted by Gasteiger charge is -2.03. The summed E-state index contributed by atoms with van der Waals surface area (Å²) in [6.45, 7) is 4.06. The zero-order chi connectivity index (χ0) is 15.1. The van der Waals surface area contributed by atoms with Crippen molar-refractivity contribution in [2.75, 3.05) is 13.2 Å². The van der Waals surface area contributed by atoms with Gasteiger partial charge in [-0.25, -0.2) is 14.6 Å². The van der Waals surface area contributed by atoms with Gasteiger partial charge in [-0.1, -0.05) is 0 Å². The quantitative estimate of drug-likeness (QED) is 0.923. The lowest BCUT2D eigenvalue weighted by molar-refractivity contribution is 0.193. The summed E-state index contributed by atoms with van der Waals surface area (Å²) in [5.41, 5.74) is 0.358. The molecule has 1 saturated carbocycles. The largest absolute Gasteiger partial charge is 0.381 e. The molecule has 2 aliphatic rings. The van der Waals surface area contributed by atoms with E-state index < -0.39 is 0 Å². The Morgan fingerprint density at radius 2 is 2.23 bits per heavy atom. The predicted molar refractivity (Wildman–Crippen MR) is 79.7 cm³/mol. The molecular formula is C15H19N5O2. The zero-order valence-corrected chi connectivity index (χ0v) is 12.6. The van der Waals surface area contributed by atoms with Gasteiger partial charge in [0.25, 0.3) is 5.56 Å². The molecule has 0 amide bonds. The van der Waals surface area contributed by atoms with Crippen LogP contribution in [-0.4, -0.2) is 37.9 Å². The third-order valence-electron chi connectivity index (χ3n) is 4.31. The zero-order valence-electron chi connectivity index (χ0n) is 12.6. The van der Waals surface area contributed by atoms with Crippen LogP contribution in [0.4, 0.5) is 0 Å². The van der Waals surface area contributed by atoms with E-state index in [0.29, 0.717) is 30.5 Å². The average molecular weight is 301 g/mol. The Labute approximate surface area is 127 Å². The van der Waals surface area contributed by atoms with E-state index in [1.54, 1.807) is 10.9 Å². The Morgan fingerprint density at radius 1 is 1.36 bits per heavy atom. The average Bonchev–Trinajstić information content (AvgIpc) is 3.07. The van der Waals surface area contributed by atoms with Gasteiger partial charge in [0.1, 0.15) is 11.4 Å². The van der Waals surface area contributed by atoms with Crippen molar-refractivity contribution in [3.63, 3.8) is 0 Å². The predicted octanol–water partition coefficient (Wildman–Crippen LogP) is 1.43. The summed E-state index contributed by atoms with van der Waals surface area (Å²) < 4.78 is 7.18. The van der Waals surface area contributed by atoms with E-state index in [0.717, 1.165) is 37.5 Å². The molecule has 0 unspecified atom stereocenters. The molecule has 7 nitrogen and oxygen atoms in total. The highest BCUT2D eigenvalue weighted by molar-refractivity contribution is 5.52. The number of nitrogens with one attached hydrogen (secondary N) is 1. The van der Waals surface area contributed by atoms with Gasteiger partial charge in [0.15, 0.2) is 11.6 Å². The molecule has 0 spiro atoms. The number of nitrogens with zero attached hydrogens (tertiary/aromatic N) is 4. The fraction of sp³-hybridized carbons (Fsp3) is 0.600. The molecule has 116 valence electrons. The summed E-state index contributed by atoms with van der Waals surface area (Å²) in [5.74, 6) is 2.81. The standard InChI is InChI=1S/C15H19N5O2/c1-2-20-14(17-13(19-20)10-5-6-22-8-10)11-7-16-12(9-3-4-9)18-15(11)21/h7,9-10H,2-6,8H2,1H3,(H,16,18,21)/t10-/m0/s1. The molecule has 0 aromatic carbocycles. The second kappa shape index (κ2) is 5.31. The van der Waals surface area contributed by atoms with E-state index >= 15 is 0 Å². The number of ether oxygens (including phenoxy) is 1. The first-order valence-electron chi connectivity index (χ1n) is 7.88. The molecule has 2 aromatic heterocycles. The molecule has 1 saturated heterocycles. The van der Waals surface area contributed by atoms with Gasteiger partial charge >= 0.3 is 0 Å². The number of rotatable bonds is 4. The summed E-state index contributed by atoms with van der Waals surface area (Å²) in [6.07, 6.45) is 4.79. The fourth-order valence-corrected chi connectivity index (χ4v) is 2.82. The van der Waals surface area contributed by atoms with Gasteiger partial charge in [-0.05, 0) is 26.2 Å². The first-order chi connectivity index (χ1) is 10.8. The topological polar surface area (TPSA) is 85.7 Å². The molecular weight excluding hydrogens is 282 g/mol. The van der Waals surface area contributed by atoms with Crippen molar-refractivity contribution in [1.29, 1.82) is 0 Å². The maximum absolute atomic E-state index is 12.4. The van der Waals surface area contributed by atoms with E-state index in [-0.39, 0.29) is 11.5 Å². The van der Waals surface area contributed by atoms with E-state index in [1.165, 1.54) is 0 Å². The number of H-pyrrole nitrogens is 1. The third-order valence-corrected chi connectivity index (χ3v) is 4.31. The molecule has 2 aromatic rings. The van der Waals surface area contributed by atoms with E-state index in [4.69, 9.17) is 4.74 Å². The Kier molecular flexibility index (Phi) is 3.29. The highest BCUT2D eigenvalue weighted by Crippen LogP contribution is 2.37. The molecule has 2 fully saturated rings. The molecule has 7 heteroatoms. The van der Waals surface area contributed by atoms with Crippen LogP contribution in [0.3, 0.4) is 0 Å². The molecule has 0 bridgehead atoms. The van der Waals surface area contributed by atoms with Gasteiger partial charge in [-0.3, -0.25) is 4.79 Å². The molecule has 1 atom stereocenters. The highest BCUT2D eigenvalue weighted by Gasteiger charge is 2.28. The second-order valence-electron chi connectivity index (χ2n) is 5.96. The van der Waals surface area contributed by atoms with Gasteiger partial charge in [0, 0.05) is 31.2 Å². The molecule has 1 N–H and O–H groups in total. The lowest BCUT2D eigenvalue weighted by atomic mass is 10.1. The van der Waals surface area contributed by atoms with Crippen LogP contribution in [-0.2, 0) is 11.3 Å². The number of aryl methyl sites for hydroxylation is 1. The molecule has 0 radical (unpaired) electrons. The molecule has 22 heavy (non-hydrogen) atoms.